The van der Waals surface area contributed by atoms with Gasteiger partial charge in [0, 0.05) is 37.5 Å². The van der Waals surface area contributed by atoms with Crippen LogP contribution in [0.1, 0.15) is 54.4 Å². The highest BCUT2D eigenvalue weighted by Gasteiger charge is 2.27. The van der Waals surface area contributed by atoms with Crippen LogP contribution in [0.5, 0.6) is 0 Å². The van der Waals surface area contributed by atoms with Crippen molar-refractivity contribution in [3.63, 3.8) is 0 Å². The monoisotopic (exact) mass is 606 g/mol. The Morgan fingerprint density at radius 1 is 0.952 bits per heavy atom. The van der Waals surface area contributed by atoms with Gasteiger partial charge in [-0.25, -0.2) is 12.7 Å². The van der Waals surface area contributed by atoms with Gasteiger partial charge in [0.25, 0.3) is 0 Å². The summed E-state index contributed by atoms with van der Waals surface area (Å²) in [4.78, 5) is 7.55. The van der Waals surface area contributed by atoms with E-state index in [0.29, 0.717) is 23.8 Å². The summed E-state index contributed by atoms with van der Waals surface area (Å²) in [7, 11) is -1.84. The number of nitrogens with zero attached hydrogens (tertiary/aromatic N) is 4. The zero-order chi connectivity index (χ0) is 29.4. The maximum absolute atomic E-state index is 13.1. The molecule has 9 heteroatoms. The quantitative estimate of drug-likeness (QED) is 0.174. The third-order valence-electron chi connectivity index (χ3n) is 8.18. The van der Waals surface area contributed by atoms with Crippen LogP contribution in [-0.4, -0.2) is 61.0 Å². The molecule has 2 heterocycles. The number of hydrogen-bond acceptors (Lipinski definition) is 6. The van der Waals surface area contributed by atoms with Gasteiger partial charge in [0.1, 0.15) is 0 Å². The van der Waals surface area contributed by atoms with Gasteiger partial charge in [-0.15, -0.1) is 0 Å². The van der Waals surface area contributed by atoms with E-state index >= 15 is 0 Å². The van der Waals surface area contributed by atoms with E-state index in [4.69, 9.17) is 21.1 Å². The molecule has 0 N–H and O–H groups in total. The molecule has 42 heavy (non-hydrogen) atoms. The number of likely N-dealkylation sites (tertiary alicyclic amines) is 1. The fourth-order valence-corrected chi connectivity index (χ4v) is 7.08. The van der Waals surface area contributed by atoms with E-state index in [1.165, 1.54) is 15.4 Å². The van der Waals surface area contributed by atoms with E-state index in [1.54, 1.807) is 31.3 Å². The van der Waals surface area contributed by atoms with Crippen molar-refractivity contribution >= 4 is 21.6 Å². The molecule has 1 atom stereocenters. The van der Waals surface area contributed by atoms with Crippen molar-refractivity contribution in [2.45, 2.75) is 49.3 Å². The molecule has 1 saturated heterocycles. The minimum absolute atomic E-state index is 0.269. The molecule has 1 aromatic heterocycles. The average Bonchev–Trinajstić information content (AvgIpc) is 3.48. The van der Waals surface area contributed by atoms with E-state index < -0.39 is 10.0 Å². The predicted octanol–water partition coefficient (Wildman–Crippen LogP) is 6.45. The molecule has 0 radical (unpaired) electrons. The lowest BCUT2D eigenvalue weighted by molar-refractivity contribution is 0.161. The van der Waals surface area contributed by atoms with Crippen molar-refractivity contribution in [1.82, 2.24) is 19.3 Å². The van der Waals surface area contributed by atoms with Crippen LogP contribution < -0.4 is 0 Å². The van der Waals surface area contributed by atoms with Crippen LogP contribution in [-0.2, 0) is 22.9 Å². The molecule has 1 fully saturated rings. The highest BCUT2D eigenvalue weighted by molar-refractivity contribution is 7.89. The Morgan fingerprint density at radius 2 is 1.64 bits per heavy atom. The summed E-state index contributed by atoms with van der Waals surface area (Å²) in [5.74, 6) is 2.08. The van der Waals surface area contributed by atoms with Gasteiger partial charge in [-0.3, -0.25) is 0 Å². The second-order valence-corrected chi connectivity index (χ2v) is 13.7. The molecular weight excluding hydrogens is 568 g/mol. The zero-order valence-electron chi connectivity index (χ0n) is 24.1. The Labute approximate surface area is 254 Å². The topological polar surface area (TPSA) is 79.5 Å². The predicted molar refractivity (Wildman–Crippen MR) is 166 cm³/mol. The number of piperidine rings is 1. The number of sulfonamides is 1. The first kappa shape index (κ1) is 30.4. The highest BCUT2D eigenvalue weighted by atomic mass is 35.5. The van der Waals surface area contributed by atoms with Crippen LogP contribution in [0.4, 0.5) is 0 Å². The standard InChI is InChI=1S/C33H39ClN4O3S/c1-37(42(39,40)31-13-6-3-7-14-31)20-17-28(16-15-27-11-8-12-30(34)23-27)25-38-21-18-29(19-22-38)33-35-32(36-41-33)24-26-9-4-2-5-10-26/h2-14,23,28-29H,15-22,24-25H2,1H3/t28-/m1/s1. The van der Waals surface area contributed by atoms with E-state index in [9.17, 15) is 8.42 Å². The third-order valence-corrected chi connectivity index (χ3v) is 10.3. The normalized spacial score (nSPS) is 15.7. The molecule has 0 unspecified atom stereocenters. The van der Waals surface area contributed by atoms with Crippen molar-refractivity contribution in [1.29, 1.82) is 0 Å². The molecule has 222 valence electrons. The SMILES string of the molecule is CN(CC[C@@H](CCc1cccc(Cl)c1)CN1CCC(c2nc(Cc3ccccc3)no2)CC1)S(=O)(=O)c1ccccc1. The molecule has 1 aliphatic rings. The third kappa shape index (κ3) is 8.28. The van der Waals surface area contributed by atoms with Gasteiger partial charge in [-0.2, -0.15) is 4.98 Å². The number of rotatable bonds is 13. The van der Waals surface area contributed by atoms with Gasteiger partial charge in [0.15, 0.2) is 5.82 Å². The van der Waals surface area contributed by atoms with Gasteiger partial charge in [0.2, 0.25) is 15.9 Å². The van der Waals surface area contributed by atoms with Crippen molar-refractivity contribution in [2.24, 2.45) is 5.92 Å². The summed E-state index contributed by atoms with van der Waals surface area (Å²) in [6.07, 6.45) is 5.27. The second kappa shape index (κ2) is 14.4. The lowest BCUT2D eigenvalue weighted by Gasteiger charge is -2.33. The summed E-state index contributed by atoms with van der Waals surface area (Å²) in [6, 6.07) is 26.9. The molecule has 0 amide bonds. The number of halogens is 1. The molecule has 7 nitrogen and oxygen atoms in total. The molecule has 4 aromatic rings. The van der Waals surface area contributed by atoms with Gasteiger partial charge in [-0.05, 0) is 86.5 Å². The average molecular weight is 607 g/mol. The zero-order valence-corrected chi connectivity index (χ0v) is 25.7. The first-order chi connectivity index (χ1) is 20.4. The molecular formula is C33H39ClN4O3S. The van der Waals surface area contributed by atoms with E-state index in [-0.39, 0.29) is 5.92 Å². The van der Waals surface area contributed by atoms with Gasteiger partial charge >= 0.3 is 0 Å². The Hall–Kier alpha value is -3.04. The van der Waals surface area contributed by atoms with Crippen molar-refractivity contribution in [3.8, 4) is 0 Å². The first-order valence-electron chi connectivity index (χ1n) is 14.7. The number of benzene rings is 3. The van der Waals surface area contributed by atoms with Crippen LogP contribution in [0.15, 0.2) is 94.3 Å². The smallest absolute Gasteiger partial charge is 0.242 e. The summed E-state index contributed by atoms with van der Waals surface area (Å²) in [5, 5.41) is 4.98. The minimum atomic E-state index is -3.52. The number of hydrogen-bond donors (Lipinski definition) is 0. The van der Waals surface area contributed by atoms with Gasteiger partial charge < -0.3 is 9.42 Å². The lowest BCUT2D eigenvalue weighted by Crippen LogP contribution is -2.38. The van der Waals surface area contributed by atoms with E-state index in [1.807, 2.05) is 42.5 Å². The molecule has 5 rings (SSSR count). The summed E-state index contributed by atoms with van der Waals surface area (Å²) >= 11 is 6.23. The van der Waals surface area contributed by atoms with E-state index in [2.05, 4.69) is 28.3 Å². The van der Waals surface area contributed by atoms with Crippen LogP contribution >= 0.6 is 11.6 Å². The Balaban J connectivity index is 1.17. The summed E-state index contributed by atoms with van der Waals surface area (Å²) in [5.41, 5.74) is 2.38. The molecule has 3 aromatic carbocycles. The lowest BCUT2D eigenvalue weighted by atomic mass is 9.92. The maximum Gasteiger partial charge on any atom is 0.242 e. The first-order valence-corrected chi connectivity index (χ1v) is 16.5. The van der Waals surface area contributed by atoms with Gasteiger partial charge in [-0.1, -0.05) is 77.4 Å². The minimum Gasteiger partial charge on any atom is -0.339 e. The summed E-state index contributed by atoms with van der Waals surface area (Å²) < 4.78 is 33.4. The fourth-order valence-electron chi connectivity index (χ4n) is 5.66. The van der Waals surface area contributed by atoms with Crippen molar-refractivity contribution < 1.29 is 12.9 Å². The fraction of sp³-hybridized carbons (Fsp3) is 0.394. The molecule has 0 spiro atoms. The van der Waals surface area contributed by atoms with E-state index in [0.717, 1.165) is 68.5 Å². The number of aryl methyl sites for hydroxylation is 1. The van der Waals surface area contributed by atoms with Gasteiger partial charge in [0.05, 0.1) is 4.90 Å². The van der Waals surface area contributed by atoms with Crippen molar-refractivity contribution in [2.75, 3.05) is 33.2 Å². The van der Waals surface area contributed by atoms with Crippen LogP contribution in [0.3, 0.4) is 0 Å². The van der Waals surface area contributed by atoms with Crippen LogP contribution in [0.25, 0.3) is 0 Å². The second-order valence-electron chi connectivity index (χ2n) is 11.2. The van der Waals surface area contributed by atoms with Crippen LogP contribution in [0, 0.1) is 5.92 Å². The summed E-state index contributed by atoms with van der Waals surface area (Å²) in [6.45, 7) is 3.30. The Kier molecular flexibility index (Phi) is 10.4. The molecule has 0 bridgehead atoms. The number of aromatic nitrogens is 2. The Morgan fingerprint density at radius 3 is 2.36 bits per heavy atom. The molecule has 1 aliphatic heterocycles. The molecule has 0 aliphatic carbocycles. The highest BCUT2D eigenvalue weighted by Crippen LogP contribution is 2.29. The molecule has 0 saturated carbocycles. The largest absolute Gasteiger partial charge is 0.339 e. The Bertz CT molecular complexity index is 1510. The maximum atomic E-state index is 13.1. The van der Waals surface area contributed by atoms with Crippen molar-refractivity contribution in [3.05, 3.63) is 113 Å². The van der Waals surface area contributed by atoms with Crippen LogP contribution in [0.2, 0.25) is 5.02 Å².